The summed E-state index contributed by atoms with van der Waals surface area (Å²) in [7, 11) is 1.88. The van der Waals surface area contributed by atoms with Gasteiger partial charge in [0.25, 0.3) is 0 Å². The lowest BCUT2D eigenvalue weighted by atomic mass is 10.3. The number of nitrogens with one attached hydrogen (secondary N) is 1. The van der Waals surface area contributed by atoms with Crippen molar-refractivity contribution in [2.24, 2.45) is 0 Å². The largest absolute Gasteiger partial charge is 0.342 e. The van der Waals surface area contributed by atoms with Crippen LogP contribution in [0.2, 0.25) is 0 Å². The first kappa shape index (κ1) is 9.43. The lowest BCUT2D eigenvalue weighted by Crippen LogP contribution is -2.34. The molecule has 0 saturated carbocycles. The van der Waals surface area contributed by atoms with Crippen LogP contribution in [-0.2, 0) is 4.79 Å². The van der Waals surface area contributed by atoms with E-state index in [1.165, 1.54) is 0 Å². The summed E-state index contributed by atoms with van der Waals surface area (Å²) < 4.78 is 0. The van der Waals surface area contributed by atoms with Gasteiger partial charge in [-0.25, -0.2) is 0 Å². The molecule has 3 nitrogen and oxygen atoms in total. The maximum absolute atomic E-state index is 10.4. The third-order valence-electron chi connectivity index (χ3n) is 1.42. The van der Waals surface area contributed by atoms with E-state index in [0.29, 0.717) is 6.04 Å². The molecule has 0 heterocycles. The normalized spacial score (nSPS) is 10.0. The van der Waals surface area contributed by atoms with Crippen molar-refractivity contribution in [2.75, 3.05) is 20.1 Å². The summed E-state index contributed by atoms with van der Waals surface area (Å²) in [5, 5.41) is 2.99. The molecular weight excluding hydrogens is 128 g/mol. The Hall–Kier alpha value is -0.570. The molecule has 1 amide bonds. The van der Waals surface area contributed by atoms with Crippen LogP contribution >= 0.6 is 0 Å². The standard InChI is InChI=1S/C7H16N2O/c1-7(2)9(6-10)5-4-8-3/h6-8H,4-5H2,1-3H3. The van der Waals surface area contributed by atoms with Crippen LogP contribution in [0.3, 0.4) is 0 Å². The highest BCUT2D eigenvalue weighted by Crippen LogP contribution is 1.91. The van der Waals surface area contributed by atoms with Gasteiger partial charge in [-0.2, -0.15) is 0 Å². The third-order valence-corrected chi connectivity index (χ3v) is 1.42. The van der Waals surface area contributed by atoms with E-state index in [2.05, 4.69) is 5.32 Å². The molecular formula is C7H16N2O. The molecule has 0 aliphatic carbocycles. The summed E-state index contributed by atoms with van der Waals surface area (Å²) in [6.07, 6.45) is 0.891. The van der Waals surface area contributed by atoms with Gasteiger partial charge in [0.05, 0.1) is 0 Å². The zero-order valence-electron chi connectivity index (χ0n) is 6.92. The molecule has 3 heteroatoms. The van der Waals surface area contributed by atoms with Crippen molar-refractivity contribution in [3.63, 3.8) is 0 Å². The second-order valence-corrected chi connectivity index (χ2v) is 2.54. The zero-order chi connectivity index (χ0) is 7.98. The van der Waals surface area contributed by atoms with E-state index in [0.717, 1.165) is 19.5 Å². The molecule has 0 aliphatic rings. The van der Waals surface area contributed by atoms with Gasteiger partial charge >= 0.3 is 0 Å². The Morgan fingerprint density at radius 1 is 1.60 bits per heavy atom. The van der Waals surface area contributed by atoms with Crippen molar-refractivity contribution < 1.29 is 4.79 Å². The number of likely N-dealkylation sites (N-methyl/N-ethyl adjacent to an activating group) is 1. The first-order chi connectivity index (χ1) is 4.72. The van der Waals surface area contributed by atoms with Gasteiger partial charge in [-0.3, -0.25) is 4.79 Å². The van der Waals surface area contributed by atoms with Gasteiger partial charge < -0.3 is 10.2 Å². The Morgan fingerprint density at radius 3 is 2.50 bits per heavy atom. The second-order valence-electron chi connectivity index (χ2n) is 2.54. The van der Waals surface area contributed by atoms with Crippen molar-refractivity contribution in [1.82, 2.24) is 10.2 Å². The van der Waals surface area contributed by atoms with Gasteiger partial charge in [0, 0.05) is 19.1 Å². The van der Waals surface area contributed by atoms with Crippen LogP contribution in [0.5, 0.6) is 0 Å². The number of hydrogen-bond donors (Lipinski definition) is 1. The van der Waals surface area contributed by atoms with Crippen LogP contribution in [-0.4, -0.2) is 37.5 Å². The SMILES string of the molecule is CNCCN(C=O)C(C)C. The number of hydrogen-bond acceptors (Lipinski definition) is 2. The highest BCUT2D eigenvalue weighted by molar-refractivity contribution is 5.47. The molecule has 0 fully saturated rings. The molecule has 0 spiro atoms. The fourth-order valence-electron chi connectivity index (χ4n) is 0.674. The van der Waals surface area contributed by atoms with Crippen molar-refractivity contribution in [3.05, 3.63) is 0 Å². The third kappa shape index (κ3) is 3.45. The van der Waals surface area contributed by atoms with Crippen LogP contribution in [0.1, 0.15) is 13.8 Å². The number of rotatable bonds is 5. The Kier molecular flexibility index (Phi) is 4.94. The molecule has 0 aromatic heterocycles. The smallest absolute Gasteiger partial charge is 0.209 e. The van der Waals surface area contributed by atoms with E-state index in [1.54, 1.807) is 4.90 Å². The Bertz CT molecular complexity index is 93.6. The summed E-state index contributed by atoms with van der Waals surface area (Å²) in [6.45, 7) is 5.66. The lowest BCUT2D eigenvalue weighted by molar-refractivity contribution is -0.119. The molecule has 0 aromatic rings. The van der Waals surface area contributed by atoms with E-state index < -0.39 is 0 Å². The molecule has 0 unspecified atom stereocenters. The minimum atomic E-state index is 0.311. The van der Waals surface area contributed by atoms with Crippen LogP contribution < -0.4 is 5.32 Å². The van der Waals surface area contributed by atoms with Crippen LogP contribution in [0.25, 0.3) is 0 Å². The van der Waals surface area contributed by atoms with Gasteiger partial charge in [0.1, 0.15) is 0 Å². The fraction of sp³-hybridized carbons (Fsp3) is 0.857. The molecule has 0 bridgehead atoms. The van der Waals surface area contributed by atoms with Gasteiger partial charge in [-0.05, 0) is 20.9 Å². The topological polar surface area (TPSA) is 32.3 Å². The highest BCUT2D eigenvalue weighted by Gasteiger charge is 2.03. The molecule has 0 saturated heterocycles. The van der Waals surface area contributed by atoms with E-state index >= 15 is 0 Å². The number of carbonyl (C=O) groups excluding carboxylic acids is 1. The first-order valence-electron chi connectivity index (χ1n) is 3.58. The summed E-state index contributed by atoms with van der Waals surface area (Å²) >= 11 is 0. The highest BCUT2D eigenvalue weighted by atomic mass is 16.1. The van der Waals surface area contributed by atoms with Gasteiger partial charge in [0.2, 0.25) is 6.41 Å². The molecule has 60 valence electrons. The molecule has 1 N–H and O–H groups in total. The van der Waals surface area contributed by atoms with Crippen molar-refractivity contribution >= 4 is 6.41 Å². The van der Waals surface area contributed by atoms with Crippen molar-refractivity contribution in [2.45, 2.75) is 19.9 Å². The van der Waals surface area contributed by atoms with E-state index in [4.69, 9.17) is 0 Å². The summed E-state index contributed by atoms with van der Waals surface area (Å²) in [5.74, 6) is 0. The molecule has 0 radical (unpaired) electrons. The maximum atomic E-state index is 10.4. The Balaban J connectivity index is 3.50. The lowest BCUT2D eigenvalue weighted by Gasteiger charge is -2.20. The van der Waals surface area contributed by atoms with Gasteiger partial charge in [0.15, 0.2) is 0 Å². The number of nitrogens with zero attached hydrogens (tertiary/aromatic N) is 1. The molecule has 0 atom stereocenters. The summed E-state index contributed by atoms with van der Waals surface area (Å²) in [6, 6.07) is 0.311. The van der Waals surface area contributed by atoms with E-state index in [9.17, 15) is 4.79 Å². The average molecular weight is 144 g/mol. The number of amides is 1. The van der Waals surface area contributed by atoms with E-state index in [1.807, 2.05) is 20.9 Å². The van der Waals surface area contributed by atoms with Crippen molar-refractivity contribution in [1.29, 1.82) is 0 Å². The quantitative estimate of drug-likeness (QED) is 0.554. The predicted octanol–water partition coefficient (Wildman–Crippen LogP) is 0.0726. The fourth-order valence-corrected chi connectivity index (χ4v) is 0.674. The van der Waals surface area contributed by atoms with Gasteiger partial charge in [-0.15, -0.1) is 0 Å². The minimum Gasteiger partial charge on any atom is -0.342 e. The van der Waals surface area contributed by atoms with Crippen LogP contribution in [0, 0.1) is 0 Å². The molecule has 10 heavy (non-hydrogen) atoms. The van der Waals surface area contributed by atoms with Crippen molar-refractivity contribution in [3.8, 4) is 0 Å². The maximum Gasteiger partial charge on any atom is 0.209 e. The van der Waals surface area contributed by atoms with Gasteiger partial charge in [-0.1, -0.05) is 0 Å². The number of carbonyl (C=O) groups is 1. The monoisotopic (exact) mass is 144 g/mol. The van der Waals surface area contributed by atoms with Crippen LogP contribution in [0.4, 0.5) is 0 Å². The molecule has 0 aliphatic heterocycles. The Morgan fingerprint density at radius 2 is 2.20 bits per heavy atom. The average Bonchev–Trinajstić information content (AvgIpc) is 1.89. The molecule has 0 aromatic carbocycles. The van der Waals surface area contributed by atoms with E-state index in [-0.39, 0.29) is 0 Å². The second kappa shape index (κ2) is 5.23. The molecule has 0 rings (SSSR count). The summed E-state index contributed by atoms with van der Waals surface area (Å²) in [5.41, 5.74) is 0. The predicted molar refractivity (Wildman–Crippen MR) is 41.8 cm³/mol. The van der Waals surface area contributed by atoms with Crippen LogP contribution in [0.15, 0.2) is 0 Å². The first-order valence-corrected chi connectivity index (χ1v) is 3.58. The summed E-state index contributed by atoms with van der Waals surface area (Å²) in [4.78, 5) is 12.1. The zero-order valence-corrected chi connectivity index (χ0v) is 6.92. The Labute approximate surface area is 62.4 Å². The minimum absolute atomic E-state index is 0.311.